The number of anilines is 1. The third-order valence-corrected chi connectivity index (χ3v) is 3.79. The standard InChI is InChI=1S/C19H24N2O.ClH/c1-2-15-3-5-16(6-4-15)9-12-19(22)21-14-13-17-7-10-18(20)11-8-17;/h3-8,10-11H,2,9,12-14,20H2,1H3,(H,21,22);1H. The summed E-state index contributed by atoms with van der Waals surface area (Å²) in [5, 5.41) is 2.97. The van der Waals surface area contributed by atoms with E-state index in [1.54, 1.807) is 0 Å². The molecule has 0 aliphatic heterocycles. The Morgan fingerprint density at radius 1 is 0.913 bits per heavy atom. The van der Waals surface area contributed by atoms with Crippen LogP contribution in [0.25, 0.3) is 0 Å². The molecule has 2 aromatic rings. The van der Waals surface area contributed by atoms with Gasteiger partial charge in [-0.1, -0.05) is 43.3 Å². The van der Waals surface area contributed by atoms with E-state index < -0.39 is 0 Å². The Labute approximate surface area is 144 Å². The molecule has 3 nitrogen and oxygen atoms in total. The van der Waals surface area contributed by atoms with Gasteiger partial charge in [0.1, 0.15) is 0 Å². The van der Waals surface area contributed by atoms with E-state index in [1.165, 1.54) is 16.7 Å². The maximum Gasteiger partial charge on any atom is 0.220 e. The number of nitrogens with two attached hydrogens (primary N) is 1. The zero-order chi connectivity index (χ0) is 15.8. The third-order valence-electron chi connectivity index (χ3n) is 3.79. The first kappa shape index (κ1) is 19.0. The van der Waals surface area contributed by atoms with Gasteiger partial charge in [-0.15, -0.1) is 12.4 Å². The molecule has 2 rings (SSSR count). The van der Waals surface area contributed by atoms with Crippen molar-refractivity contribution in [2.75, 3.05) is 12.3 Å². The maximum absolute atomic E-state index is 11.9. The van der Waals surface area contributed by atoms with Crippen LogP contribution in [-0.4, -0.2) is 12.5 Å². The lowest BCUT2D eigenvalue weighted by molar-refractivity contribution is -0.121. The van der Waals surface area contributed by atoms with Gasteiger partial charge in [0.05, 0.1) is 0 Å². The minimum atomic E-state index is 0. The molecule has 124 valence electrons. The van der Waals surface area contributed by atoms with E-state index in [0.717, 1.165) is 24.9 Å². The highest BCUT2D eigenvalue weighted by Crippen LogP contribution is 2.08. The van der Waals surface area contributed by atoms with E-state index in [0.29, 0.717) is 13.0 Å². The highest BCUT2D eigenvalue weighted by molar-refractivity contribution is 5.85. The Balaban J connectivity index is 0.00000264. The minimum Gasteiger partial charge on any atom is -0.399 e. The van der Waals surface area contributed by atoms with Crippen LogP contribution < -0.4 is 11.1 Å². The number of aryl methyl sites for hydroxylation is 2. The van der Waals surface area contributed by atoms with Crippen molar-refractivity contribution >= 4 is 24.0 Å². The van der Waals surface area contributed by atoms with Gasteiger partial charge in [0.15, 0.2) is 0 Å². The maximum atomic E-state index is 11.9. The SMILES string of the molecule is CCc1ccc(CCC(=O)NCCc2ccc(N)cc2)cc1.Cl. The fourth-order valence-corrected chi connectivity index (χ4v) is 2.32. The van der Waals surface area contributed by atoms with Gasteiger partial charge in [0.2, 0.25) is 5.91 Å². The average molecular weight is 333 g/mol. The molecule has 0 heterocycles. The van der Waals surface area contributed by atoms with Crippen LogP contribution in [0.1, 0.15) is 30.0 Å². The summed E-state index contributed by atoms with van der Waals surface area (Å²) in [6, 6.07) is 16.3. The Morgan fingerprint density at radius 2 is 1.43 bits per heavy atom. The molecule has 0 fully saturated rings. The number of halogens is 1. The molecular formula is C19H25ClN2O. The van der Waals surface area contributed by atoms with Crippen molar-refractivity contribution in [2.45, 2.75) is 32.6 Å². The number of rotatable bonds is 7. The number of nitrogens with one attached hydrogen (secondary N) is 1. The molecule has 0 saturated carbocycles. The number of benzene rings is 2. The second kappa shape index (κ2) is 9.90. The van der Waals surface area contributed by atoms with Gasteiger partial charge in [-0.25, -0.2) is 0 Å². The Hall–Kier alpha value is -2.00. The highest BCUT2D eigenvalue weighted by Gasteiger charge is 2.02. The molecule has 0 saturated heterocycles. The van der Waals surface area contributed by atoms with E-state index in [4.69, 9.17) is 5.73 Å². The van der Waals surface area contributed by atoms with Gasteiger partial charge >= 0.3 is 0 Å². The van der Waals surface area contributed by atoms with Gasteiger partial charge in [-0.3, -0.25) is 4.79 Å². The first-order valence-electron chi connectivity index (χ1n) is 7.86. The molecule has 0 atom stereocenters. The summed E-state index contributed by atoms with van der Waals surface area (Å²) in [5.41, 5.74) is 10.1. The first-order valence-corrected chi connectivity index (χ1v) is 7.86. The molecule has 0 aliphatic rings. The van der Waals surface area contributed by atoms with Crippen molar-refractivity contribution in [3.05, 3.63) is 65.2 Å². The molecular weight excluding hydrogens is 308 g/mol. The lowest BCUT2D eigenvalue weighted by Gasteiger charge is -2.06. The largest absolute Gasteiger partial charge is 0.399 e. The minimum absolute atomic E-state index is 0. The summed E-state index contributed by atoms with van der Waals surface area (Å²) in [6.45, 7) is 2.81. The van der Waals surface area contributed by atoms with Crippen LogP contribution in [0.5, 0.6) is 0 Å². The van der Waals surface area contributed by atoms with Crippen molar-refractivity contribution in [2.24, 2.45) is 0 Å². The monoisotopic (exact) mass is 332 g/mol. The van der Waals surface area contributed by atoms with Crippen LogP contribution >= 0.6 is 12.4 Å². The second-order valence-corrected chi connectivity index (χ2v) is 5.51. The van der Waals surface area contributed by atoms with Gasteiger partial charge in [0, 0.05) is 18.7 Å². The molecule has 0 radical (unpaired) electrons. The van der Waals surface area contributed by atoms with Crippen LogP contribution in [0.15, 0.2) is 48.5 Å². The molecule has 1 amide bonds. The van der Waals surface area contributed by atoms with Crippen LogP contribution in [-0.2, 0) is 24.1 Å². The summed E-state index contributed by atoms with van der Waals surface area (Å²) in [6.07, 6.45) is 3.20. The van der Waals surface area contributed by atoms with Crippen LogP contribution in [0, 0.1) is 0 Å². The number of hydrogen-bond acceptors (Lipinski definition) is 2. The normalized spacial score (nSPS) is 9.96. The van der Waals surface area contributed by atoms with Gasteiger partial charge in [0.25, 0.3) is 0 Å². The van der Waals surface area contributed by atoms with Crippen molar-refractivity contribution in [3.8, 4) is 0 Å². The first-order chi connectivity index (χ1) is 10.7. The zero-order valence-corrected chi connectivity index (χ0v) is 14.4. The molecule has 3 N–H and O–H groups in total. The summed E-state index contributed by atoms with van der Waals surface area (Å²) in [4.78, 5) is 11.9. The average Bonchev–Trinajstić information content (AvgIpc) is 2.55. The number of carbonyl (C=O) groups excluding carboxylic acids is 1. The molecule has 0 aliphatic carbocycles. The van der Waals surface area contributed by atoms with Crippen molar-refractivity contribution in [1.29, 1.82) is 0 Å². The van der Waals surface area contributed by atoms with E-state index in [-0.39, 0.29) is 18.3 Å². The molecule has 23 heavy (non-hydrogen) atoms. The lowest BCUT2D eigenvalue weighted by Crippen LogP contribution is -2.25. The zero-order valence-electron chi connectivity index (χ0n) is 13.5. The van der Waals surface area contributed by atoms with E-state index in [2.05, 4.69) is 36.5 Å². The third kappa shape index (κ3) is 6.74. The van der Waals surface area contributed by atoms with E-state index in [9.17, 15) is 4.79 Å². The summed E-state index contributed by atoms with van der Waals surface area (Å²) < 4.78 is 0. The highest BCUT2D eigenvalue weighted by atomic mass is 35.5. The molecule has 0 unspecified atom stereocenters. The molecule has 2 aromatic carbocycles. The molecule has 0 aromatic heterocycles. The Kier molecular flexibility index (Phi) is 8.20. The predicted molar refractivity (Wildman–Crippen MR) is 99.0 cm³/mol. The number of hydrogen-bond donors (Lipinski definition) is 2. The van der Waals surface area contributed by atoms with E-state index in [1.807, 2.05) is 24.3 Å². The number of amides is 1. The Morgan fingerprint density at radius 3 is 2.04 bits per heavy atom. The topological polar surface area (TPSA) is 55.1 Å². The fourth-order valence-electron chi connectivity index (χ4n) is 2.32. The van der Waals surface area contributed by atoms with Crippen LogP contribution in [0.4, 0.5) is 5.69 Å². The number of carbonyl (C=O) groups is 1. The summed E-state index contributed by atoms with van der Waals surface area (Å²) in [5.74, 6) is 0.106. The Bertz CT molecular complexity index is 594. The fraction of sp³-hybridized carbons (Fsp3) is 0.316. The molecule has 0 spiro atoms. The smallest absolute Gasteiger partial charge is 0.220 e. The predicted octanol–water partition coefficient (Wildman–Crippen LogP) is 3.54. The summed E-state index contributed by atoms with van der Waals surface area (Å²) in [7, 11) is 0. The van der Waals surface area contributed by atoms with Crippen LogP contribution in [0.2, 0.25) is 0 Å². The molecule has 0 bridgehead atoms. The van der Waals surface area contributed by atoms with Crippen LogP contribution in [0.3, 0.4) is 0 Å². The van der Waals surface area contributed by atoms with Crippen molar-refractivity contribution in [1.82, 2.24) is 5.32 Å². The van der Waals surface area contributed by atoms with Gasteiger partial charge in [-0.05, 0) is 48.1 Å². The number of nitrogen functional groups attached to an aromatic ring is 1. The van der Waals surface area contributed by atoms with Crippen molar-refractivity contribution in [3.63, 3.8) is 0 Å². The van der Waals surface area contributed by atoms with Crippen molar-refractivity contribution < 1.29 is 4.79 Å². The molecule has 4 heteroatoms. The lowest BCUT2D eigenvalue weighted by atomic mass is 10.1. The van der Waals surface area contributed by atoms with Gasteiger partial charge < -0.3 is 11.1 Å². The van der Waals surface area contributed by atoms with E-state index >= 15 is 0 Å². The summed E-state index contributed by atoms with van der Waals surface area (Å²) >= 11 is 0. The second-order valence-electron chi connectivity index (χ2n) is 5.51. The quantitative estimate of drug-likeness (QED) is 0.762. The van der Waals surface area contributed by atoms with Gasteiger partial charge in [-0.2, -0.15) is 0 Å².